The van der Waals surface area contributed by atoms with Crippen molar-refractivity contribution in [1.29, 1.82) is 0 Å². The van der Waals surface area contributed by atoms with Crippen LogP contribution in [-0.4, -0.2) is 37.7 Å². The van der Waals surface area contributed by atoms with Crippen molar-refractivity contribution < 1.29 is 9.53 Å². The highest BCUT2D eigenvalue weighted by Gasteiger charge is 2.31. The van der Waals surface area contributed by atoms with Crippen molar-refractivity contribution >= 4 is 17.7 Å². The second-order valence-corrected chi connectivity index (χ2v) is 4.16. The Hall–Kier alpha value is -0.220. The molecule has 0 spiro atoms. The van der Waals surface area contributed by atoms with Crippen molar-refractivity contribution in [3.8, 4) is 0 Å². The summed E-state index contributed by atoms with van der Waals surface area (Å²) in [6.45, 7) is 1.87. The summed E-state index contributed by atoms with van der Waals surface area (Å²) in [4.78, 5) is 11.4. The van der Waals surface area contributed by atoms with Gasteiger partial charge in [0, 0.05) is 0 Å². The fourth-order valence-electron chi connectivity index (χ4n) is 1.12. The normalized spacial score (nSPS) is 15.1. The molecule has 0 fully saturated rings. The van der Waals surface area contributed by atoms with E-state index in [0.717, 1.165) is 18.6 Å². The highest BCUT2D eigenvalue weighted by molar-refractivity contribution is 7.98. The largest absolute Gasteiger partial charge is 0.468 e. The van der Waals surface area contributed by atoms with Gasteiger partial charge in [0.2, 0.25) is 0 Å². The molecule has 1 atom stereocenters. The number of hydrogen-bond acceptors (Lipinski definition) is 4. The third-order valence-corrected chi connectivity index (χ3v) is 2.91. The van der Waals surface area contributed by atoms with Gasteiger partial charge in [-0.3, -0.25) is 4.79 Å². The maximum absolute atomic E-state index is 11.4. The van der Waals surface area contributed by atoms with Crippen LogP contribution in [0.3, 0.4) is 0 Å². The molecule has 0 saturated heterocycles. The van der Waals surface area contributed by atoms with E-state index in [0.29, 0.717) is 0 Å². The van der Waals surface area contributed by atoms with Crippen LogP contribution in [0.15, 0.2) is 0 Å². The van der Waals surface area contributed by atoms with Crippen LogP contribution in [0.2, 0.25) is 0 Å². The summed E-state index contributed by atoms with van der Waals surface area (Å²) in [6.07, 6.45) is 3.90. The molecule has 0 heterocycles. The first kappa shape index (κ1) is 12.8. The predicted octanol–water partition coefficient (Wildman–Crippen LogP) is 1.28. The molecular formula is C9H19NO2S. The smallest absolute Gasteiger partial charge is 0.325 e. The molecule has 0 bridgehead atoms. The first-order valence-corrected chi connectivity index (χ1v) is 5.76. The number of rotatable bonds is 6. The third-order valence-electron chi connectivity index (χ3n) is 2.21. The van der Waals surface area contributed by atoms with Gasteiger partial charge in [-0.25, -0.2) is 0 Å². The van der Waals surface area contributed by atoms with Crippen molar-refractivity contribution in [2.24, 2.45) is 0 Å². The summed E-state index contributed by atoms with van der Waals surface area (Å²) in [5, 5.41) is 3.00. The van der Waals surface area contributed by atoms with E-state index < -0.39 is 5.54 Å². The van der Waals surface area contributed by atoms with E-state index in [1.807, 2.05) is 6.92 Å². The highest BCUT2D eigenvalue weighted by atomic mass is 32.2. The zero-order valence-electron chi connectivity index (χ0n) is 8.85. The number of carbonyl (C=O) groups excluding carboxylic acids is 1. The minimum atomic E-state index is -0.523. The van der Waals surface area contributed by atoms with Gasteiger partial charge in [0.15, 0.2) is 0 Å². The van der Waals surface area contributed by atoms with E-state index in [-0.39, 0.29) is 5.97 Å². The van der Waals surface area contributed by atoms with Gasteiger partial charge < -0.3 is 10.1 Å². The van der Waals surface area contributed by atoms with Crippen molar-refractivity contribution in [3.63, 3.8) is 0 Å². The molecule has 0 aliphatic heterocycles. The number of nitrogens with one attached hydrogen (secondary N) is 1. The van der Waals surface area contributed by atoms with Crippen LogP contribution >= 0.6 is 11.8 Å². The summed E-state index contributed by atoms with van der Waals surface area (Å²) in [7, 11) is 3.21. The van der Waals surface area contributed by atoms with E-state index in [4.69, 9.17) is 4.74 Å². The number of thioether (sulfide) groups is 1. The molecular weight excluding hydrogens is 186 g/mol. The number of likely N-dealkylation sites (N-methyl/N-ethyl adjacent to an activating group) is 1. The van der Waals surface area contributed by atoms with Crippen molar-refractivity contribution in [3.05, 3.63) is 0 Å². The zero-order valence-corrected chi connectivity index (χ0v) is 9.66. The van der Waals surface area contributed by atoms with Crippen molar-refractivity contribution in [2.45, 2.75) is 25.3 Å². The molecule has 0 aromatic heterocycles. The van der Waals surface area contributed by atoms with Crippen molar-refractivity contribution in [1.82, 2.24) is 5.32 Å². The van der Waals surface area contributed by atoms with Crippen LogP contribution in [0, 0.1) is 0 Å². The lowest BCUT2D eigenvalue weighted by atomic mass is 9.97. The van der Waals surface area contributed by atoms with Crippen LogP contribution in [-0.2, 0) is 9.53 Å². The van der Waals surface area contributed by atoms with Gasteiger partial charge in [0.1, 0.15) is 5.54 Å². The average Bonchev–Trinajstić information content (AvgIpc) is 2.16. The maximum Gasteiger partial charge on any atom is 0.325 e. The second kappa shape index (κ2) is 6.27. The molecule has 0 aliphatic carbocycles. The van der Waals surface area contributed by atoms with E-state index in [2.05, 4.69) is 11.6 Å². The van der Waals surface area contributed by atoms with E-state index >= 15 is 0 Å². The number of carbonyl (C=O) groups is 1. The minimum Gasteiger partial charge on any atom is -0.468 e. The fraction of sp³-hybridized carbons (Fsp3) is 0.889. The lowest BCUT2D eigenvalue weighted by Crippen LogP contribution is -2.48. The molecule has 0 aliphatic rings. The molecule has 1 N–H and O–H groups in total. The van der Waals surface area contributed by atoms with Gasteiger partial charge in [0.05, 0.1) is 7.11 Å². The van der Waals surface area contributed by atoms with Gasteiger partial charge in [-0.1, -0.05) is 0 Å². The fourth-order valence-corrected chi connectivity index (χ4v) is 1.56. The summed E-state index contributed by atoms with van der Waals surface area (Å²) >= 11 is 1.79. The first-order valence-electron chi connectivity index (χ1n) is 4.37. The molecule has 0 amide bonds. The second-order valence-electron chi connectivity index (χ2n) is 3.17. The lowest BCUT2D eigenvalue weighted by molar-refractivity contribution is -0.148. The predicted molar refractivity (Wildman–Crippen MR) is 57.1 cm³/mol. The van der Waals surface area contributed by atoms with Gasteiger partial charge in [-0.2, -0.15) is 11.8 Å². The number of esters is 1. The van der Waals surface area contributed by atoms with Crippen LogP contribution < -0.4 is 5.32 Å². The van der Waals surface area contributed by atoms with E-state index in [9.17, 15) is 4.79 Å². The van der Waals surface area contributed by atoms with Gasteiger partial charge in [0.25, 0.3) is 0 Å². The van der Waals surface area contributed by atoms with Gasteiger partial charge >= 0.3 is 5.97 Å². The molecule has 13 heavy (non-hydrogen) atoms. The summed E-state index contributed by atoms with van der Waals surface area (Å²) < 4.78 is 4.73. The zero-order chi connectivity index (χ0) is 10.3. The van der Waals surface area contributed by atoms with Crippen LogP contribution in [0.5, 0.6) is 0 Å². The molecule has 1 unspecified atom stereocenters. The number of ether oxygens (including phenoxy) is 1. The Kier molecular flexibility index (Phi) is 6.16. The minimum absolute atomic E-state index is 0.184. The quantitative estimate of drug-likeness (QED) is 0.524. The van der Waals surface area contributed by atoms with E-state index in [1.165, 1.54) is 7.11 Å². The first-order chi connectivity index (χ1) is 6.10. The lowest BCUT2D eigenvalue weighted by Gasteiger charge is -2.25. The Balaban J connectivity index is 4.03. The molecule has 4 heteroatoms. The van der Waals surface area contributed by atoms with E-state index in [1.54, 1.807) is 18.8 Å². The molecule has 3 nitrogen and oxygen atoms in total. The van der Waals surface area contributed by atoms with Gasteiger partial charge in [-0.05, 0) is 38.8 Å². The molecule has 0 rings (SSSR count). The van der Waals surface area contributed by atoms with Crippen LogP contribution in [0.1, 0.15) is 19.8 Å². The number of methoxy groups -OCH3 is 1. The Morgan fingerprint density at radius 1 is 1.62 bits per heavy atom. The molecule has 0 radical (unpaired) electrons. The Morgan fingerprint density at radius 2 is 2.23 bits per heavy atom. The highest BCUT2D eigenvalue weighted by Crippen LogP contribution is 2.15. The summed E-state index contributed by atoms with van der Waals surface area (Å²) in [5.74, 6) is 0.893. The van der Waals surface area contributed by atoms with Crippen molar-refractivity contribution in [2.75, 3.05) is 26.2 Å². The Labute approximate surface area is 84.6 Å². The monoisotopic (exact) mass is 205 g/mol. The molecule has 78 valence electrons. The Morgan fingerprint density at radius 3 is 2.62 bits per heavy atom. The summed E-state index contributed by atoms with van der Waals surface area (Å²) in [5.41, 5.74) is -0.523. The standard InChI is InChI=1S/C9H19NO2S/c1-9(10-2,8(11)12-3)6-5-7-13-4/h10H,5-7H2,1-4H3. The molecule has 0 aromatic carbocycles. The topological polar surface area (TPSA) is 38.3 Å². The SMILES string of the molecule is CNC(C)(CCCSC)C(=O)OC. The summed E-state index contributed by atoms with van der Waals surface area (Å²) in [6, 6.07) is 0. The third kappa shape index (κ3) is 4.00. The maximum atomic E-state index is 11.4. The molecule has 0 saturated carbocycles. The molecule has 0 aromatic rings. The number of hydrogen-bond donors (Lipinski definition) is 1. The average molecular weight is 205 g/mol. The van der Waals surface area contributed by atoms with Gasteiger partial charge in [-0.15, -0.1) is 0 Å². The Bertz CT molecular complexity index is 164. The van der Waals surface area contributed by atoms with Crippen LogP contribution in [0.4, 0.5) is 0 Å². The van der Waals surface area contributed by atoms with Crippen LogP contribution in [0.25, 0.3) is 0 Å².